The Hall–Kier alpha value is -0.370. The Bertz CT molecular complexity index is 183. The molecule has 0 N–H and O–H groups in total. The van der Waals surface area contributed by atoms with Gasteiger partial charge < -0.3 is 4.90 Å². The molecule has 0 saturated carbocycles. The van der Waals surface area contributed by atoms with E-state index in [1.54, 1.807) is 6.92 Å². The molecule has 1 heterocycles. The van der Waals surface area contributed by atoms with Gasteiger partial charge in [-0.2, -0.15) is 0 Å². The summed E-state index contributed by atoms with van der Waals surface area (Å²) in [5.74, 6) is 1.24. The molecule has 1 unspecified atom stereocenters. The topological polar surface area (TPSA) is 20.3 Å². The monoisotopic (exact) mass is 197 g/mol. The quantitative estimate of drug-likeness (QED) is 0.690. The third kappa shape index (κ3) is 3.41. The van der Waals surface area contributed by atoms with Crippen LogP contribution in [0.3, 0.4) is 0 Å². The number of hydrogen-bond donors (Lipinski definition) is 0. The Morgan fingerprint density at radius 2 is 2.00 bits per heavy atom. The normalized spacial score (nSPS) is 22.2. The minimum Gasteiger partial charge on any atom is -0.300 e. The van der Waals surface area contributed by atoms with E-state index in [2.05, 4.69) is 18.7 Å². The van der Waals surface area contributed by atoms with E-state index in [0.717, 1.165) is 12.3 Å². The van der Waals surface area contributed by atoms with E-state index in [0.29, 0.717) is 11.8 Å². The van der Waals surface area contributed by atoms with Gasteiger partial charge in [0.2, 0.25) is 0 Å². The van der Waals surface area contributed by atoms with E-state index in [4.69, 9.17) is 0 Å². The van der Waals surface area contributed by atoms with Gasteiger partial charge in [-0.15, -0.1) is 0 Å². The van der Waals surface area contributed by atoms with Crippen LogP contribution in [0.2, 0.25) is 0 Å². The second-order valence-corrected chi connectivity index (χ2v) is 4.64. The first-order valence-corrected chi connectivity index (χ1v) is 5.87. The largest absolute Gasteiger partial charge is 0.300 e. The summed E-state index contributed by atoms with van der Waals surface area (Å²) in [7, 11) is 0. The zero-order valence-electron chi connectivity index (χ0n) is 9.75. The molecule has 0 aromatic carbocycles. The minimum absolute atomic E-state index is 0.315. The third-order valence-corrected chi connectivity index (χ3v) is 3.43. The van der Waals surface area contributed by atoms with Crippen LogP contribution in [0.15, 0.2) is 0 Å². The van der Waals surface area contributed by atoms with Crippen molar-refractivity contribution in [2.75, 3.05) is 13.1 Å². The summed E-state index contributed by atoms with van der Waals surface area (Å²) in [4.78, 5) is 13.5. The van der Waals surface area contributed by atoms with Crippen molar-refractivity contribution in [1.29, 1.82) is 0 Å². The summed E-state index contributed by atoms with van der Waals surface area (Å²) in [6.45, 7) is 8.52. The number of ketones is 1. The van der Waals surface area contributed by atoms with Crippen LogP contribution in [0, 0.1) is 5.92 Å². The summed E-state index contributed by atoms with van der Waals surface area (Å²) in [6.07, 6.45) is 4.67. The molecule has 1 aliphatic rings. The number of nitrogens with zero attached hydrogens (tertiary/aromatic N) is 1. The Kier molecular flexibility index (Phi) is 4.59. The molecule has 0 amide bonds. The second kappa shape index (κ2) is 5.50. The maximum Gasteiger partial charge on any atom is 0.131 e. The van der Waals surface area contributed by atoms with E-state index in [1.165, 1.54) is 32.4 Å². The molecule has 14 heavy (non-hydrogen) atoms. The summed E-state index contributed by atoms with van der Waals surface area (Å²) in [5, 5.41) is 0. The van der Waals surface area contributed by atoms with Gasteiger partial charge in [-0.1, -0.05) is 13.3 Å². The van der Waals surface area contributed by atoms with Crippen LogP contribution in [0.4, 0.5) is 0 Å². The van der Waals surface area contributed by atoms with Crippen LogP contribution < -0.4 is 0 Å². The second-order valence-electron chi connectivity index (χ2n) is 4.64. The average Bonchev–Trinajstić information content (AvgIpc) is 2.17. The Balaban J connectivity index is 2.30. The Morgan fingerprint density at radius 1 is 1.43 bits per heavy atom. The van der Waals surface area contributed by atoms with Gasteiger partial charge in [0.25, 0.3) is 0 Å². The summed E-state index contributed by atoms with van der Waals surface area (Å²) >= 11 is 0. The molecule has 0 spiro atoms. The lowest BCUT2D eigenvalue weighted by atomic mass is 9.93. The lowest BCUT2D eigenvalue weighted by Crippen LogP contribution is -2.40. The molecule has 0 bridgehead atoms. The van der Waals surface area contributed by atoms with Gasteiger partial charge >= 0.3 is 0 Å². The SMILES string of the molecule is CCC1CCN(C(C)CC(C)=O)CC1. The van der Waals surface area contributed by atoms with Crippen LogP contribution >= 0.6 is 0 Å². The molecule has 1 fully saturated rings. The number of carbonyl (C=O) groups excluding carboxylic acids is 1. The smallest absolute Gasteiger partial charge is 0.131 e. The van der Waals surface area contributed by atoms with Crippen LogP contribution in [-0.4, -0.2) is 29.8 Å². The van der Waals surface area contributed by atoms with Crippen LogP contribution in [0.5, 0.6) is 0 Å². The molecule has 0 aromatic heterocycles. The van der Waals surface area contributed by atoms with E-state index < -0.39 is 0 Å². The number of carbonyl (C=O) groups is 1. The molecular formula is C12H23NO. The number of Topliss-reactive ketones (excluding diaryl/α,β-unsaturated/α-hetero) is 1. The molecule has 0 aromatic rings. The molecule has 1 saturated heterocycles. The van der Waals surface area contributed by atoms with Crippen LogP contribution in [0.1, 0.15) is 46.5 Å². The first kappa shape index (κ1) is 11.7. The standard InChI is InChI=1S/C12H23NO/c1-4-12-5-7-13(8-6-12)10(2)9-11(3)14/h10,12H,4-9H2,1-3H3. The minimum atomic E-state index is 0.315. The molecular weight excluding hydrogens is 174 g/mol. The van der Waals surface area contributed by atoms with E-state index in [1.807, 2.05) is 0 Å². The highest BCUT2D eigenvalue weighted by Crippen LogP contribution is 2.22. The predicted octanol–water partition coefficient (Wildman–Crippen LogP) is 2.48. The summed E-state index contributed by atoms with van der Waals surface area (Å²) in [5.41, 5.74) is 0. The first-order chi connectivity index (χ1) is 6.63. The summed E-state index contributed by atoms with van der Waals surface area (Å²) in [6, 6.07) is 0.449. The van der Waals surface area contributed by atoms with Crippen molar-refractivity contribution in [1.82, 2.24) is 4.90 Å². The van der Waals surface area contributed by atoms with Gasteiger partial charge in [-0.3, -0.25) is 4.79 Å². The lowest BCUT2D eigenvalue weighted by Gasteiger charge is -2.35. The van der Waals surface area contributed by atoms with E-state index in [9.17, 15) is 4.79 Å². The predicted molar refractivity (Wildman–Crippen MR) is 59.3 cm³/mol. The first-order valence-electron chi connectivity index (χ1n) is 5.87. The van der Waals surface area contributed by atoms with Crippen LogP contribution in [0.25, 0.3) is 0 Å². The van der Waals surface area contributed by atoms with Gasteiger partial charge in [0.05, 0.1) is 0 Å². The lowest BCUT2D eigenvalue weighted by molar-refractivity contribution is -0.118. The molecule has 1 atom stereocenters. The summed E-state index contributed by atoms with van der Waals surface area (Å²) < 4.78 is 0. The van der Waals surface area contributed by atoms with Gasteiger partial charge in [0.1, 0.15) is 5.78 Å². The van der Waals surface area contributed by atoms with Gasteiger partial charge in [0.15, 0.2) is 0 Å². The number of hydrogen-bond acceptors (Lipinski definition) is 2. The van der Waals surface area contributed by atoms with Crippen molar-refractivity contribution in [2.24, 2.45) is 5.92 Å². The number of rotatable bonds is 4. The molecule has 1 aliphatic heterocycles. The highest BCUT2D eigenvalue weighted by Gasteiger charge is 2.21. The van der Waals surface area contributed by atoms with Crippen molar-refractivity contribution in [3.63, 3.8) is 0 Å². The Labute approximate surface area is 87.7 Å². The van der Waals surface area contributed by atoms with Crippen molar-refractivity contribution in [3.8, 4) is 0 Å². The highest BCUT2D eigenvalue weighted by molar-refractivity contribution is 5.76. The van der Waals surface area contributed by atoms with E-state index in [-0.39, 0.29) is 0 Å². The zero-order chi connectivity index (χ0) is 10.6. The average molecular weight is 197 g/mol. The fourth-order valence-electron chi connectivity index (χ4n) is 2.35. The molecule has 2 nitrogen and oxygen atoms in total. The number of piperidine rings is 1. The molecule has 0 radical (unpaired) electrons. The maximum atomic E-state index is 11.0. The van der Waals surface area contributed by atoms with Crippen molar-refractivity contribution >= 4 is 5.78 Å². The van der Waals surface area contributed by atoms with E-state index >= 15 is 0 Å². The molecule has 1 rings (SSSR count). The maximum absolute atomic E-state index is 11.0. The van der Waals surface area contributed by atoms with Gasteiger partial charge in [-0.05, 0) is 45.7 Å². The van der Waals surface area contributed by atoms with Crippen LogP contribution in [-0.2, 0) is 4.79 Å². The molecule has 0 aliphatic carbocycles. The zero-order valence-corrected chi connectivity index (χ0v) is 9.75. The van der Waals surface area contributed by atoms with Crippen molar-refractivity contribution in [3.05, 3.63) is 0 Å². The fourth-order valence-corrected chi connectivity index (χ4v) is 2.35. The number of likely N-dealkylation sites (tertiary alicyclic amines) is 1. The fraction of sp³-hybridized carbons (Fsp3) is 0.917. The van der Waals surface area contributed by atoms with Gasteiger partial charge in [-0.25, -0.2) is 0 Å². The van der Waals surface area contributed by atoms with Gasteiger partial charge in [0, 0.05) is 12.5 Å². The van der Waals surface area contributed by atoms with Crippen molar-refractivity contribution in [2.45, 2.75) is 52.5 Å². The Morgan fingerprint density at radius 3 is 2.43 bits per heavy atom. The molecule has 82 valence electrons. The molecule has 2 heteroatoms. The highest BCUT2D eigenvalue weighted by atomic mass is 16.1. The third-order valence-electron chi connectivity index (χ3n) is 3.43. The van der Waals surface area contributed by atoms with Crippen molar-refractivity contribution < 1.29 is 4.79 Å².